The topological polar surface area (TPSA) is 68.0 Å². The Morgan fingerprint density at radius 3 is 3.11 bits per heavy atom. The van der Waals surface area contributed by atoms with Crippen molar-refractivity contribution in [3.05, 3.63) is 48.2 Å². The highest BCUT2D eigenvalue weighted by Crippen LogP contribution is 2.15. The number of anilines is 1. The fraction of sp³-hybridized carbons (Fsp3) is 0.167. The number of aryl methyl sites for hydroxylation is 1. The van der Waals surface area contributed by atoms with Gasteiger partial charge in [0.15, 0.2) is 5.82 Å². The van der Waals surface area contributed by atoms with Crippen molar-refractivity contribution in [2.75, 3.05) is 5.32 Å². The first-order chi connectivity index (χ1) is 8.83. The lowest BCUT2D eigenvalue weighted by Crippen LogP contribution is -2.05. The number of fused-ring (bicyclic) bond motifs is 1. The molecule has 0 atom stereocenters. The van der Waals surface area contributed by atoms with Gasteiger partial charge in [-0.3, -0.25) is 0 Å². The van der Waals surface area contributed by atoms with Gasteiger partial charge in [0.2, 0.25) is 0 Å². The predicted octanol–water partition coefficient (Wildman–Crippen LogP) is 1.44. The van der Waals surface area contributed by atoms with Gasteiger partial charge in [0.25, 0.3) is 0 Å². The minimum atomic E-state index is 0.588. The zero-order chi connectivity index (χ0) is 12.4. The van der Waals surface area contributed by atoms with E-state index >= 15 is 0 Å². The highest BCUT2D eigenvalue weighted by atomic mass is 15.2. The van der Waals surface area contributed by atoms with E-state index in [0.717, 1.165) is 22.7 Å². The minimum Gasteiger partial charge on any atom is -0.363 e. The summed E-state index contributed by atoms with van der Waals surface area (Å²) in [6, 6.07) is 5.77. The molecule has 3 heterocycles. The molecule has 0 aliphatic rings. The normalized spacial score (nSPS) is 10.7. The van der Waals surface area contributed by atoms with Gasteiger partial charge in [-0.15, -0.1) is 0 Å². The van der Waals surface area contributed by atoms with Crippen molar-refractivity contribution in [1.29, 1.82) is 0 Å². The Kier molecular flexibility index (Phi) is 2.60. The molecule has 3 rings (SSSR count). The Labute approximate surface area is 104 Å². The summed E-state index contributed by atoms with van der Waals surface area (Å²) in [5.41, 5.74) is 2.79. The second-order valence-corrected chi connectivity index (χ2v) is 3.96. The number of rotatable bonds is 3. The summed E-state index contributed by atoms with van der Waals surface area (Å²) in [4.78, 5) is 4.32. The number of nitrogens with one attached hydrogen (secondary N) is 1. The molecule has 0 bridgehead atoms. The summed E-state index contributed by atoms with van der Waals surface area (Å²) in [7, 11) is 0. The Morgan fingerprint density at radius 2 is 2.28 bits per heavy atom. The molecule has 0 amide bonds. The largest absolute Gasteiger partial charge is 0.363 e. The Bertz CT molecular complexity index is 661. The van der Waals surface area contributed by atoms with Crippen LogP contribution in [0.25, 0.3) is 5.52 Å². The zero-order valence-electron chi connectivity index (χ0n) is 9.91. The summed E-state index contributed by atoms with van der Waals surface area (Å²) in [6.45, 7) is 2.55. The van der Waals surface area contributed by atoms with Crippen molar-refractivity contribution in [3.8, 4) is 0 Å². The van der Waals surface area contributed by atoms with Crippen molar-refractivity contribution in [1.82, 2.24) is 24.8 Å². The van der Waals surface area contributed by atoms with E-state index in [2.05, 4.69) is 25.6 Å². The van der Waals surface area contributed by atoms with Crippen LogP contribution in [-0.4, -0.2) is 24.8 Å². The first-order valence-electron chi connectivity index (χ1n) is 5.64. The molecule has 0 aromatic carbocycles. The van der Waals surface area contributed by atoms with E-state index in [1.54, 1.807) is 16.9 Å². The number of hydrogen-bond acceptors (Lipinski definition) is 5. The quantitative estimate of drug-likeness (QED) is 0.750. The molecule has 0 aliphatic carbocycles. The van der Waals surface area contributed by atoms with Gasteiger partial charge < -0.3 is 5.32 Å². The van der Waals surface area contributed by atoms with E-state index in [4.69, 9.17) is 0 Å². The average Bonchev–Trinajstić information content (AvgIpc) is 2.78. The molecule has 0 saturated heterocycles. The molecular weight excluding hydrogens is 228 g/mol. The first kappa shape index (κ1) is 10.6. The van der Waals surface area contributed by atoms with Crippen LogP contribution in [0.3, 0.4) is 0 Å². The third-order valence-corrected chi connectivity index (χ3v) is 2.58. The zero-order valence-corrected chi connectivity index (χ0v) is 9.91. The molecular formula is C12H12N6. The molecule has 0 radical (unpaired) electrons. The van der Waals surface area contributed by atoms with E-state index in [9.17, 15) is 0 Å². The van der Waals surface area contributed by atoms with Crippen molar-refractivity contribution in [3.63, 3.8) is 0 Å². The van der Waals surface area contributed by atoms with Gasteiger partial charge in [-0.2, -0.15) is 15.3 Å². The van der Waals surface area contributed by atoms with Crippen LogP contribution in [0, 0.1) is 6.92 Å². The van der Waals surface area contributed by atoms with Gasteiger partial charge in [-0.25, -0.2) is 9.50 Å². The van der Waals surface area contributed by atoms with E-state index in [-0.39, 0.29) is 0 Å². The third kappa shape index (κ3) is 2.00. The van der Waals surface area contributed by atoms with Crippen molar-refractivity contribution in [2.24, 2.45) is 0 Å². The maximum atomic E-state index is 4.34. The molecule has 0 unspecified atom stereocenters. The molecule has 18 heavy (non-hydrogen) atoms. The van der Waals surface area contributed by atoms with Crippen LogP contribution in [0.1, 0.15) is 11.4 Å². The molecule has 6 nitrogen and oxygen atoms in total. The van der Waals surface area contributed by atoms with Crippen LogP contribution in [0.4, 0.5) is 5.82 Å². The second kappa shape index (κ2) is 4.40. The number of hydrogen-bond donors (Lipinski definition) is 1. The highest BCUT2D eigenvalue weighted by Gasteiger charge is 2.05. The standard InChI is InChI=1S/C12H12N6/c1-9-7-11-12(13-5-6-18(11)17-9)14-8-10-3-2-4-15-16-10/h2-7H,8H2,1H3,(H,13,14). The van der Waals surface area contributed by atoms with Crippen molar-refractivity contribution in [2.45, 2.75) is 13.5 Å². The number of aromatic nitrogens is 5. The van der Waals surface area contributed by atoms with Crippen LogP contribution in [0.15, 0.2) is 36.8 Å². The van der Waals surface area contributed by atoms with Crippen LogP contribution >= 0.6 is 0 Å². The maximum absolute atomic E-state index is 4.34. The van der Waals surface area contributed by atoms with Crippen LogP contribution in [0.2, 0.25) is 0 Å². The predicted molar refractivity (Wildman–Crippen MR) is 67.1 cm³/mol. The Morgan fingerprint density at radius 1 is 1.33 bits per heavy atom. The molecule has 0 saturated carbocycles. The monoisotopic (exact) mass is 240 g/mol. The lowest BCUT2D eigenvalue weighted by molar-refractivity contribution is 0.904. The molecule has 0 aliphatic heterocycles. The second-order valence-electron chi connectivity index (χ2n) is 3.96. The van der Waals surface area contributed by atoms with E-state index in [0.29, 0.717) is 6.54 Å². The smallest absolute Gasteiger partial charge is 0.152 e. The fourth-order valence-electron chi connectivity index (χ4n) is 1.78. The molecule has 0 fully saturated rings. The van der Waals surface area contributed by atoms with Gasteiger partial charge in [0.05, 0.1) is 17.9 Å². The molecule has 90 valence electrons. The average molecular weight is 240 g/mol. The maximum Gasteiger partial charge on any atom is 0.152 e. The number of nitrogens with zero attached hydrogens (tertiary/aromatic N) is 5. The van der Waals surface area contributed by atoms with Crippen molar-refractivity contribution >= 4 is 11.3 Å². The summed E-state index contributed by atoms with van der Waals surface area (Å²) in [6.07, 6.45) is 5.21. The Balaban J connectivity index is 1.86. The summed E-state index contributed by atoms with van der Waals surface area (Å²) < 4.78 is 1.81. The summed E-state index contributed by atoms with van der Waals surface area (Å²) in [5.74, 6) is 0.795. The highest BCUT2D eigenvalue weighted by molar-refractivity contribution is 5.67. The van der Waals surface area contributed by atoms with E-state index in [1.807, 2.05) is 31.3 Å². The van der Waals surface area contributed by atoms with E-state index in [1.165, 1.54) is 0 Å². The molecule has 3 aromatic heterocycles. The Hall–Kier alpha value is -2.50. The van der Waals surface area contributed by atoms with Gasteiger partial charge in [-0.1, -0.05) is 0 Å². The van der Waals surface area contributed by atoms with Crippen LogP contribution in [0.5, 0.6) is 0 Å². The molecule has 1 N–H and O–H groups in total. The molecule has 0 spiro atoms. The van der Waals surface area contributed by atoms with Gasteiger partial charge >= 0.3 is 0 Å². The molecule has 6 heteroatoms. The molecule has 3 aromatic rings. The first-order valence-corrected chi connectivity index (χ1v) is 5.64. The summed E-state index contributed by atoms with van der Waals surface area (Å²) in [5, 5.41) is 15.4. The SMILES string of the molecule is Cc1cc2c(NCc3cccnn3)nccn2n1. The minimum absolute atomic E-state index is 0.588. The van der Waals surface area contributed by atoms with E-state index < -0.39 is 0 Å². The van der Waals surface area contributed by atoms with Gasteiger partial charge in [-0.05, 0) is 25.1 Å². The van der Waals surface area contributed by atoms with Crippen LogP contribution in [-0.2, 0) is 6.54 Å². The third-order valence-electron chi connectivity index (χ3n) is 2.58. The lowest BCUT2D eigenvalue weighted by Gasteiger charge is -2.05. The lowest BCUT2D eigenvalue weighted by atomic mass is 10.3. The van der Waals surface area contributed by atoms with Gasteiger partial charge in [0, 0.05) is 18.6 Å². The summed E-state index contributed by atoms with van der Waals surface area (Å²) >= 11 is 0. The van der Waals surface area contributed by atoms with Crippen LogP contribution < -0.4 is 5.32 Å². The fourth-order valence-corrected chi connectivity index (χ4v) is 1.78. The van der Waals surface area contributed by atoms with Crippen molar-refractivity contribution < 1.29 is 0 Å². The van der Waals surface area contributed by atoms with Gasteiger partial charge in [0.1, 0.15) is 5.52 Å².